The molecule has 2 aromatic rings. The van der Waals surface area contributed by atoms with Crippen molar-refractivity contribution >= 4 is 35.2 Å². The van der Waals surface area contributed by atoms with Gasteiger partial charge in [0.15, 0.2) is 0 Å². The topological polar surface area (TPSA) is 101 Å². The minimum absolute atomic E-state index is 0.0765. The highest BCUT2D eigenvalue weighted by Gasteiger charge is 2.16. The Kier molecular flexibility index (Phi) is 5.98. The highest BCUT2D eigenvalue weighted by Crippen LogP contribution is 2.24. The number of esters is 1. The number of fused-ring (bicyclic) bond motifs is 1. The number of carbonyl (C=O) groups excluding carboxylic acids is 2. The molecule has 0 bridgehead atoms. The molecule has 1 aliphatic rings. The van der Waals surface area contributed by atoms with Gasteiger partial charge in [-0.3, -0.25) is 9.59 Å². The maximum Gasteiger partial charge on any atom is 0.337 e. The van der Waals surface area contributed by atoms with Gasteiger partial charge in [0, 0.05) is 10.9 Å². The van der Waals surface area contributed by atoms with E-state index in [0.717, 1.165) is 12.1 Å². The molecule has 29 heavy (non-hydrogen) atoms. The number of nitrogens with zero attached hydrogens (tertiary/aromatic N) is 1. The van der Waals surface area contributed by atoms with Gasteiger partial charge in [-0.1, -0.05) is 24.6 Å². The van der Waals surface area contributed by atoms with Crippen LogP contribution in [0.15, 0.2) is 45.3 Å². The van der Waals surface area contributed by atoms with Gasteiger partial charge in [-0.15, -0.1) is 0 Å². The predicted octanol–water partition coefficient (Wildman–Crippen LogP) is 2.56. The van der Waals surface area contributed by atoms with E-state index in [1.807, 2.05) is 19.9 Å². The van der Waals surface area contributed by atoms with E-state index in [1.165, 1.54) is 36.9 Å². The maximum absolute atomic E-state index is 12.7. The fourth-order valence-electron chi connectivity index (χ4n) is 3.04. The summed E-state index contributed by atoms with van der Waals surface area (Å²) in [6.45, 7) is 3.95. The van der Waals surface area contributed by atoms with Crippen LogP contribution < -0.4 is 21.6 Å². The fraction of sp³-hybridized carbons (Fsp3) is 0.238. The number of anilines is 1. The number of aromatic nitrogens is 1. The molecule has 0 unspecified atom stereocenters. The molecule has 0 aliphatic carbocycles. The minimum Gasteiger partial charge on any atom is -0.465 e. The summed E-state index contributed by atoms with van der Waals surface area (Å²) < 4.78 is 4.67. The molecule has 0 saturated carbocycles. The Morgan fingerprint density at radius 1 is 1.31 bits per heavy atom. The zero-order valence-electron chi connectivity index (χ0n) is 16.3. The second kappa shape index (κ2) is 8.45. The number of ether oxygens (including phenoxy) is 1. The van der Waals surface area contributed by atoms with E-state index in [9.17, 15) is 14.4 Å². The Balaban J connectivity index is 1.99. The average Bonchev–Trinajstić information content (AvgIpc) is 2.85. The molecule has 2 N–H and O–H groups in total. The van der Waals surface area contributed by atoms with Gasteiger partial charge in [0.05, 0.1) is 23.4 Å². The van der Waals surface area contributed by atoms with E-state index in [4.69, 9.17) is 11.6 Å². The van der Waals surface area contributed by atoms with E-state index in [-0.39, 0.29) is 21.8 Å². The number of amides is 1. The summed E-state index contributed by atoms with van der Waals surface area (Å²) in [5, 5.41) is 3.49. The molecule has 0 spiro atoms. The van der Waals surface area contributed by atoms with E-state index >= 15 is 0 Å². The summed E-state index contributed by atoms with van der Waals surface area (Å²) in [7, 11) is 1.26. The van der Waals surface area contributed by atoms with Gasteiger partial charge in [-0.25, -0.2) is 9.79 Å². The number of hydrogen-bond acceptors (Lipinski definition) is 5. The van der Waals surface area contributed by atoms with Crippen molar-refractivity contribution in [2.24, 2.45) is 4.99 Å². The van der Waals surface area contributed by atoms with Crippen LogP contribution in [-0.4, -0.2) is 24.0 Å². The van der Waals surface area contributed by atoms with Gasteiger partial charge >= 0.3 is 5.97 Å². The molecule has 0 saturated heterocycles. The van der Waals surface area contributed by atoms with Crippen molar-refractivity contribution in [2.45, 2.75) is 26.7 Å². The Bertz CT molecular complexity index is 1210. The number of methoxy groups -OCH3 is 1. The number of nitrogens with one attached hydrogen (secondary N) is 2. The van der Waals surface area contributed by atoms with Crippen molar-refractivity contribution in [3.8, 4) is 0 Å². The van der Waals surface area contributed by atoms with Gasteiger partial charge in [0.2, 0.25) is 0 Å². The fourth-order valence-corrected chi connectivity index (χ4v) is 3.20. The Morgan fingerprint density at radius 3 is 2.76 bits per heavy atom. The summed E-state index contributed by atoms with van der Waals surface area (Å²) in [5.41, 5.74) is 2.25. The first-order valence-electron chi connectivity index (χ1n) is 9.04. The lowest BCUT2D eigenvalue weighted by atomic mass is 10.1. The number of halogens is 1. The standard InChI is InChI=1S/C21H20ClN3O4/c1-4-12-5-6-13-9-15(20(27)25-18(13)23-11(12)2)19(26)24-17-10-14(21(28)29-3)7-8-16(17)22/h6-10H,4-5H2,1-3H3,(H,24,26)(H,23,25,27). The first kappa shape index (κ1) is 20.5. The van der Waals surface area contributed by atoms with Crippen LogP contribution in [0.1, 0.15) is 47.4 Å². The third-order valence-corrected chi connectivity index (χ3v) is 5.05. The molecule has 2 heterocycles. The lowest BCUT2D eigenvalue weighted by Crippen LogP contribution is -2.38. The Labute approximate surface area is 171 Å². The van der Waals surface area contributed by atoms with Crippen LogP contribution in [0.3, 0.4) is 0 Å². The highest BCUT2D eigenvalue weighted by molar-refractivity contribution is 6.34. The van der Waals surface area contributed by atoms with Crippen molar-refractivity contribution in [3.63, 3.8) is 0 Å². The normalized spacial score (nSPS) is 13.0. The monoisotopic (exact) mass is 413 g/mol. The first-order chi connectivity index (χ1) is 13.8. The summed E-state index contributed by atoms with van der Waals surface area (Å²) in [6, 6.07) is 5.86. The molecule has 1 amide bonds. The highest BCUT2D eigenvalue weighted by atomic mass is 35.5. The number of carbonyl (C=O) groups is 2. The third-order valence-electron chi connectivity index (χ3n) is 4.72. The van der Waals surface area contributed by atoms with Crippen LogP contribution in [0, 0.1) is 0 Å². The SMILES string of the molecule is CCC1=C(C)N=c2[nH]c(=O)c(C(=O)Nc3cc(C(=O)OC)ccc3Cl)cc2=CC1. The Morgan fingerprint density at radius 2 is 2.07 bits per heavy atom. The van der Waals surface area contributed by atoms with Gasteiger partial charge in [0.25, 0.3) is 11.5 Å². The van der Waals surface area contributed by atoms with E-state index < -0.39 is 17.4 Å². The summed E-state index contributed by atoms with van der Waals surface area (Å²) >= 11 is 6.12. The number of H-pyrrole nitrogens is 1. The molecule has 7 nitrogen and oxygen atoms in total. The van der Waals surface area contributed by atoms with Crippen LogP contribution >= 0.6 is 11.6 Å². The molecular weight excluding hydrogens is 394 g/mol. The van der Waals surface area contributed by atoms with Gasteiger partial charge < -0.3 is 15.0 Å². The van der Waals surface area contributed by atoms with Crippen LogP contribution in [0.25, 0.3) is 6.08 Å². The van der Waals surface area contributed by atoms with Crippen molar-refractivity contribution in [1.82, 2.24) is 4.98 Å². The van der Waals surface area contributed by atoms with Crippen LogP contribution in [-0.2, 0) is 4.74 Å². The first-order valence-corrected chi connectivity index (χ1v) is 9.42. The number of allylic oxidation sites excluding steroid dienone is 2. The van der Waals surface area contributed by atoms with Crippen molar-refractivity contribution in [1.29, 1.82) is 0 Å². The zero-order chi connectivity index (χ0) is 21.1. The molecule has 0 radical (unpaired) electrons. The number of pyridine rings is 1. The van der Waals surface area contributed by atoms with Gasteiger partial charge in [-0.05, 0) is 49.6 Å². The van der Waals surface area contributed by atoms with Crippen molar-refractivity contribution < 1.29 is 14.3 Å². The smallest absolute Gasteiger partial charge is 0.337 e. The zero-order valence-corrected chi connectivity index (χ0v) is 17.0. The number of benzene rings is 1. The molecule has 1 aliphatic heterocycles. The van der Waals surface area contributed by atoms with Crippen molar-refractivity contribution in [3.05, 3.63) is 72.7 Å². The molecule has 0 atom stereocenters. The number of rotatable bonds is 4. The molecule has 0 fully saturated rings. The maximum atomic E-state index is 12.7. The minimum atomic E-state index is -0.643. The molecule has 1 aromatic heterocycles. The summed E-state index contributed by atoms with van der Waals surface area (Å²) in [6.07, 6.45) is 3.48. The molecule has 3 rings (SSSR count). The van der Waals surface area contributed by atoms with Gasteiger partial charge in [0.1, 0.15) is 11.1 Å². The summed E-state index contributed by atoms with van der Waals surface area (Å²) in [5.74, 6) is -1.21. The Hall–Kier alpha value is -3.19. The largest absolute Gasteiger partial charge is 0.465 e. The lowest BCUT2D eigenvalue weighted by molar-refractivity contribution is 0.0600. The number of hydrogen-bond donors (Lipinski definition) is 2. The van der Waals surface area contributed by atoms with Crippen LogP contribution in [0.2, 0.25) is 5.02 Å². The molecule has 1 aromatic carbocycles. The van der Waals surface area contributed by atoms with E-state index in [1.54, 1.807) is 0 Å². The van der Waals surface area contributed by atoms with Crippen LogP contribution in [0.4, 0.5) is 5.69 Å². The van der Waals surface area contributed by atoms with Crippen LogP contribution in [0.5, 0.6) is 0 Å². The second-order valence-corrected chi connectivity index (χ2v) is 6.93. The molecular formula is C21H20ClN3O4. The molecule has 150 valence electrons. The molecule has 8 heteroatoms. The lowest BCUT2D eigenvalue weighted by Gasteiger charge is -2.09. The average molecular weight is 414 g/mol. The summed E-state index contributed by atoms with van der Waals surface area (Å²) in [4.78, 5) is 44.1. The second-order valence-electron chi connectivity index (χ2n) is 6.52. The van der Waals surface area contributed by atoms with Gasteiger partial charge in [-0.2, -0.15) is 0 Å². The quantitative estimate of drug-likeness (QED) is 0.752. The van der Waals surface area contributed by atoms with E-state index in [0.29, 0.717) is 17.1 Å². The number of aromatic amines is 1. The van der Waals surface area contributed by atoms with E-state index in [2.05, 4.69) is 20.0 Å². The van der Waals surface area contributed by atoms with Crippen molar-refractivity contribution in [2.75, 3.05) is 12.4 Å². The third kappa shape index (κ3) is 4.30. The predicted molar refractivity (Wildman–Crippen MR) is 111 cm³/mol.